The van der Waals surface area contributed by atoms with Gasteiger partial charge in [-0.15, -0.1) is 0 Å². The van der Waals surface area contributed by atoms with Crippen molar-refractivity contribution >= 4 is 22.8 Å². The normalized spacial score (nSPS) is 11.5. The SMILES string of the molecule is CCN(CC(=O)NC(C)(C)C)C(=O)c1ccc2c(c1)nc(C)n2-c1ccccc1. The molecule has 0 aliphatic carbocycles. The lowest BCUT2D eigenvalue weighted by Gasteiger charge is -2.25. The molecule has 0 unspecified atom stereocenters. The molecule has 2 amide bonds. The number of amides is 2. The van der Waals surface area contributed by atoms with Crippen molar-refractivity contribution < 1.29 is 9.59 Å². The fraction of sp³-hybridized carbons (Fsp3) is 0.348. The van der Waals surface area contributed by atoms with E-state index in [-0.39, 0.29) is 23.9 Å². The zero-order chi connectivity index (χ0) is 21.2. The van der Waals surface area contributed by atoms with E-state index in [2.05, 4.69) is 14.9 Å². The van der Waals surface area contributed by atoms with Crippen molar-refractivity contribution in [2.24, 2.45) is 0 Å². The Morgan fingerprint density at radius 1 is 1.10 bits per heavy atom. The van der Waals surface area contributed by atoms with Crippen molar-refractivity contribution in [1.82, 2.24) is 19.8 Å². The highest BCUT2D eigenvalue weighted by Crippen LogP contribution is 2.23. The molecule has 0 saturated heterocycles. The van der Waals surface area contributed by atoms with Crippen molar-refractivity contribution in [2.75, 3.05) is 13.1 Å². The summed E-state index contributed by atoms with van der Waals surface area (Å²) in [6, 6.07) is 15.5. The van der Waals surface area contributed by atoms with E-state index in [1.807, 2.05) is 71.0 Å². The smallest absolute Gasteiger partial charge is 0.254 e. The van der Waals surface area contributed by atoms with E-state index in [9.17, 15) is 9.59 Å². The summed E-state index contributed by atoms with van der Waals surface area (Å²) in [5.41, 5.74) is 2.92. The van der Waals surface area contributed by atoms with Crippen LogP contribution in [0.15, 0.2) is 48.5 Å². The molecule has 0 aliphatic rings. The van der Waals surface area contributed by atoms with Gasteiger partial charge in [0.2, 0.25) is 5.91 Å². The average Bonchev–Trinajstić information content (AvgIpc) is 2.99. The third kappa shape index (κ3) is 4.65. The maximum atomic E-state index is 13.0. The molecule has 152 valence electrons. The number of rotatable bonds is 5. The molecule has 29 heavy (non-hydrogen) atoms. The lowest BCUT2D eigenvalue weighted by Crippen LogP contribution is -2.47. The van der Waals surface area contributed by atoms with Gasteiger partial charge in [-0.3, -0.25) is 14.2 Å². The number of hydrogen-bond donors (Lipinski definition) is 1. The largest absolute Gasteiger partial charge is 0.350 e. The standard InChI is InChI=1S/C23H28N4O2/c1-6-26(15-21(28)25-23(3,4)5)22(29)17-12-13-20-19(14-17)24-16(2)27(20)18-10-8-7-9-11-18/h7-14H,6,15H2,1-5H3,(H,25,28). The summed E-state index contributed by atoms with van der Waals surface area (Å²) in [7, 11) is 0. The first kappa shape index (κ1) is 20.6. The Morgan fingerprint density at radius 2 is 1.79 bits per heavy atom. The van der Waals surface area contributed by atoms with E-state index in [0.29, 0.717) is 12.1 Å². The molecule has 0 fully saturated rings. The minimum Gasteiger partial charge on any atom is -0.350 e. The van der Waals surface area contributed by atoms with Crippen LogP contribution in [0.1, 0.15) is 43.9 Å². The van der Waals surface area contributed by atoms with E-state index in [4.69, 9.17) is 0 Å². The van der Waals surface area contributed by atoms with Gasteiger partial charge >= 0.3 is 0 Å². The van der Waals surface area contributed by atoms with Gasteiger partial charge in [-0.2, -0.15) is 0 Å². The zero-order valence-electron chi connectivity index (χ0n) is 17.7. The summed E-state index contributed by atoms with van der Waals surface area (Å²) >= 11 is 0. The predicted molar refractivity (Wildman–Crippen MR) is 115 cm³/mol. The third-order valence-corrected chi connectivity index (χ3v) is 4.60. The molecular formula is C23H28N4O2. The molecule has 0 atom stereocenters. The second-order valence-electron chi connectivity index (χ2n) is 8.15. The minimum atomic E-state index is -0.333. The Morgan fingerprint density at radius 3 is 2.41 bits per heavy atom. The summed E-state index contributed by atoms with van der Waals surface area (Å²) in [4.78, 5) is 31.4. The second kappa shape index (κ2) is 8.07. The van der Waals surface area contributed by atoms with Gasteiger partial charge < -0.3 is 10.2 Å². The number of benzene rings is 2. The zero-order valence-corrected chi connectivity index (χ0v) is 17.7. The number of aryl methyl sites for hydroxylation is 1. The number of nitrogens with zero attached hydrogens (tertiary/aromatic N) is 3. The number of nitrogens with one attached hydrogen (secondary N) is 1. The van der Waals surface area contributed by atoms with Crippen LogP contribution < -0.4 is 5.32 Å². The molecule has 0 spiro atoms. The number of carbonyl (C=O) groups excluding carboxylic acids is 2. The lowest BCUT2D eigenvalue weighted by atomic mass is 10.1. The maximum Gasteiger partial charge on any atom is 0.254 e. The lowest BCUT2D eigenvalue weighted by molar-refractivity contribution is -0.123. The number of fused-ring (bicyclic) bond motifs is 1. The molecule has 1 N–H and O–H groups in total. The molecule has 0 saturated carbocycles. The van der Waals surface area contributed by atoms with Gasteiger partial charge in [0.1, 0.15) is 5.82 Å². The molecule has 0 radical (unpaired) electrons. The van der Waals surface area contributed by atoms with Crippen LogP contribution in [0, 0.1) is 6.92 Å². The molecule has 6 heteroatoms. The average molecular weight is 393 g/mol. The monoisotopic (exact) mass is 392 g/mol. The molecule has 2 aromatic carbocycles. The summed E-state index contributed by atoms with van der Waals surface area (Å²) in [6.45, 7) is 10.1. The van der Waals surface area contributed by atoms with Gasteiger partial charge in [0.25, 0.3) is 5.91 Å². The van der Waals surface area contributed by atoms with Crippen molar-refractivity contribution in [3.8, 4) is 5.69 Å². The Hall–Kier alpha value is -3.15. The first-order valence-corrected chi connectivity index (χ1v) is 9.84. The number of imidazole rings is 1. The van der Waals surface area contributed by atoms with Crippen LogP contribution in [0.5, 0.6) is 0 Å². The summed E-state index contributed by atoms with van der Waals surface area (Å²) < 4.78 is 2.07. The Kier molecular flexibility index (Phi) is 5.73. The van der Waals surface area contributed by atoms with E-state index in [1.165, 1.54) is 0 Å². The van der Waals surface area contributed by atoms with Gasteiger partial charge in [-0.25, -0.2) is 4.98 Å². The molecule has 1 heterocycles. The van der Waals surface area contributed by atoms with Crippen LogP contribution in [-0.4, -0.2) is 44.9 Å². The fourth-order valence-electron chi connectivity index (χ4n) is 3.38. The topological polar surface area (TPSA) is 67.2 Å². The molecular weight excluding hydrogens is 364 g/mol. The quantitative estimate of drug-likeness (QED) is 0.720. The van der Waals surface area contributed by atoms with Crippen LogP contribution >= 0.6 is 0 Å². The fourth-order valence-corrected chi connectivity index (χ4v) is 3.38. The van der Waals surface area contributed by atoms with E-state index in [1.54, 1.807) is 17.0 Å². The molecule has 6 nitrogen and oxygen atoms in total. The number of para-hydroxylation sites is 1. The highest BCUT2D eigenvalue weighted by atomic mass is 16.2. The Balaban J connectivity index is 1.88. The van der Waals surface area contributed by atoms with Crippen molar-refractivity contribution in [2.45, 2.75) is 40.2 Å². The minimum absolute atomic E-state index is 0.0299. The summed E-state index contributed by atoms with van der Waals surface area (Å²) in [5.74, 6) is 0.510. The van der Waals surface area contributed by atoms with Gasteiger partial charge in [0.15, 0.2) is 0 Å². The van der Waals surface area contributed by atoms with Gasteiger partial charge in [0.05, 0.1) is 17.6 Å². The van der Waals surface area contributed by atoms with Crippen LogP contribution in [0.4, 0.5) is 0 Å². The number of carbonyl (C=O) groups is 2. The summed E-state index contributed by atoms with van der Waals surface area (Å²) in [6.07, 6.45) is 0. The number of hydrogen-bond acceptors (Lipinski definition) is 3. The number of aromatic nitrogens is 2. The predicted octanol–water partition coefficient (Wildman–Crippen LogP) is 3.71. The van der Waals surface area contributed by atoms with Crippen LogP contribution in [0.25, 0.3) is 16.7 Å². The first-order chi connectivity index (χ1) is 13.7. The van der Waals surface area contributed by atoms with Gasteiger partial charge in [-0.1, -0.05) is 18.2 Å². The molecule has 3 aromatic rings. The molecule has 0 bridgehead atoms. The van der Waals surface area contributed by atoms with E-state index in [0.717, 1.165) is 22.5 Å². The van der Waals surface area contributed by atoms with Crippen LogP contribution in [0.3, 0.4) is 0 Å². The van der Waals surface area contributed by atoms with Gasteiger partial charge in [0, 0.05) is 23.3 Å². The molecule has 3 rings (SSSR count). The van der Waals surface area contributed by atoms with E-state index >= 15 is 0 Å². The molecule has 1 aromatic heterocycles. The Bertz CT molecular complexity index is 1030. The highest BCUT2D eigenvalue weighted by Gasteiger charge is 2.21. The summed E-state index contributed by atoms with van der Waals surface area (Å²) in [5, 5.41) is 2.90. The molecule has 0 aliphatic heterocycles. The van der Waals surface area contributed by atoms with E-state index < -0.39 is 0 Å². The Labute approximate surface area is 171 Å². The van der Waals surface area contributed by atoms with Crippen LogP contribution in [0.2, 0.25) is 0 Å². The van der Waals surface area contributed by atoms with Gasteiger partial charge in [-0.05, 0) is 65.0 Å². The van der Waals surface area contributed by atoms with Crippen molar-refractivity contribution in [1.29, 1.82) is 0 Å². The highest BCUT2D eigenvalue weighted by molar-refractivity contribution is 5.99. The third-order valence-electron chi connectivity index (χ3n) is 4.60. The first-order valence-electron chi connectivity index (χ1n) is 9.84. The maximum absolute atomic E-state index is 13.0. The second-order valence-corrected chi connectivity index (χ2v) is 8.15. The van der Waals surface area contributed by atoms with Crippen molar-refractivity contribution in [3.63, 3.8) is 0 Å². The number of likely N-dealkylation sites (N-methyl/N-ethyl adjacent to an activating group) is 1. The van der Waals surface area contributed by atoms with Crippen LogP contribution in [-0.2, 0) is 4.79 Å². The van der Waals surface area contributed by atoms with Crippen molar-refractivity contribution in [3.05, 3.63) is 59.9 Å².